The maximum Gasteiger partial charge on any atom is 0.306 e. The number of carboxylic acids is 1. The SMILES string of the molecule is CC(C(=O)O)C1CN(C(=O)c2cc(Cl)nnc2Cl)C1. The second kappa shape index (κ2) is 5.30. The van der Waals surface area contributed by atoms with Gasteiger partial charge in [0.25, 0.3) is 5.91 Å². The number of rotatable bonds is 3. The van der Waals surface area contributed by atoms with E-state index in [1.807, 2.05) is 0 Å². The Bertz CT molecular complexity index is 532. The molecule has 0 aliphatic carbocycles. The Hall–Kier alpha value is -1.40. The van der Waals surface area contributed by atoms with Crippen LogP contribution >= 0.6 is 23.2 Å². The molecule has 0 aromatic carbocycles. The number of hydrogen-bond acceptors (Lipinski definition) is 4. The average molecular weight is 304 g/mol. The first-order valence-corrected chi connectivity index (χ1v) is 6.36. The van der Waals surface area contributed by atoms with E-state index in [1.165, 1.54) is 11.0 Å². The van der Waals surface area contributed by atoms with Gasteiger partial charge in [-0.1, -0.05) is 30.1 Å². The number of carbonyl (C=O) groups excluding carboxylic acids is 1. The number of nitrogens with zero attached hydrogens (tertiary/aromatic N) is 3. The van der Waals surface area contributed by atoms with Crippen molar-refractivity contribution < 1.29 is 14.7 Å². The van der Waals surface area contributed by atoms with Crippen molar-refractivity contribution in [2.24, 2.45) is 11.8 Å². The van der Waals surface area contributed by atoms with Gasteiger partial charge < -0.3 is 10.0 Å². The Morgan fingerprint density at radius 2 is 2.05 bits per heavy atom. The highest BCUT2D eigenvalue weighted by Crippen LogP contribution is 2.27. The molecule has 2 heterocycles. The van der Waals surface area contributed by atoms with Crippen molar-refractivity contribution >= 4 is 35.1 Å². The van der Waals surface area contributed by atoms with Crippen molar-refractivity contribution in [3.8, 4) is 0 Å². The first kappa shape index (κ1) is 14.0. The predicted octanol–water partition coefficient (Wildman–Crippen LogP) is 1.58. The lowest BCUT2D eigenvalue weighted by Gasteiger charge is -2.41. The zero-order valence-electron chi connectivity index (χ0n) is 10.0. The Morgan fingerprint density at radius 3 is 2.63 bits per heavy atom. The monoisotopic (exact) mass is 303 g/mol. The average Bonchev–Trinajstić information content (AvgIpc) is 2.29. The number of carboxylic acid groups (broad SMARTS) is 1. The van der Waals surface area contributed by atoms with Gasteiger partial charge >= 0.3 is 5.97 Å². The highest BCUT2D eigenvalue weighted by atomic mass is 35.5. The molecule has 1 saturated heterocycles. The van der Waals surface area contributed by atoms with Crippen molar-refractivity contribution in [1.82, 2.24) is 15.1 Å². The smallest absolute Gasteiger partial charge is 0.306 e. The molecule has 0 spiro atoms. The Kier molecular flexibility index (Phi) is 3.91. The molecule has 2 rings (SSSR count). The van der Waals surface area contributed by atoms with Gasteiger partial charge in [0.15, 0.2) is 10.3 Å². The summed E-state index contributed by atoms with van der Waals surface area (Å²) in [5, 5.41) is 16.0. The fourth-order valence-corrected chi connectivity index (χ4v) is 2.19. The van der Waals surface area contributed by atoms with Gasteiger partial charge in [-0.25, -0.2) is 0 Å². The molecule has 102 valence electrons. The van der Waals surface area contributed by atoms with E-state index >= 15 is 0 Å². The highest BCUT2D eigenvalue weighted by molar-refractivity contribution is 6.34. The molecule has 19 heavy (non-hydrogen) atoms. The topological polar surface area (TPSA) is 83.4 Å². The molecule has 8 heteroatoms. The van der Waals surface area contributed by atoms with Crippen LogP contribution in [0.2, 0.25) is 10.3 Å². The third-order valence-electron chi connectivity index (χ3n) is 3.24. The molecule has 1 aliphatic heterocycles. The molecular weight excluding hydrogens is 293 g/mol. The van der Waals surface area contributed by atoms with Crippen molar-refractivity contribution in [3.05, 3.63) is 21.9 Å². The summed E-state index contributed by atoms with van der Waals surface area (Å²) in [5.74, 6) is -1.68. The lowest BCUT2D eigenvalue weighted by atomic mass is 9.87. The van der Waals surface area contributed by atoms with Crippen LogP contribution in [-0.4, -0.2) is 45.2 Å². The van der Waals surface area contributed by atoms with E-state index in [9.17, 15) is 9.59 Å². The molecular formula is C11H11Cl2N3O3. The molecule has 6 nitrogen and oxygen atoms in total. The van der Waals surface area contributed by atoms with Crippen LogP contribution in [0.25, 0.3) is 0 Å². The van der Waals surface area contributed by atoms with Crippen LogP contribution in [-0.2, 0) is 4.79 Å². The third-order valence-corrected chi connectivity index (χ3v) is 3.71. The molecule has 1 fully saturated rings. The molecule has 1 unspecified atom stereocenters. The molecule has 1 aliphatic rings. The fourth-order valence-electron chi connectivity index (χ4n) is 1.87. The summed E-state index contributed by atoms with van der Waals surface area (Å²) in [4.78, 5) is 24.4. The first-order chi connectivity index (χ1) is 8.90. The fraction of sp³-hybridized carbons (Fsp3) is 0.455. The lowest BCUT2D eigenvalue weighted by molar-refractivity contribution is -0.144. The highest BCUT2D eigenvalue weighted by Gasteiger charge is 2.38. The van der Waals surface area contributed by atoms with Crippen LogP contribution in [0, 0.1) is 11.8 Å². The maximum absolute atomic E-state index is 12.1. The summed E-state index contributed by atoms with van der Waals surface area (Å²) in [6, 6.07) is 1.35. The quantitative estimate of drug-likeness (QED) is 0.916. The lowest BCUT2D eigenvalue weighted by Crippen LogP contribution is -2.53. The summed E-state index contributed by atoms with van der Waals surface area (Å²) < 4.78 is 0. The van der Waals surface area contributed by atoms with Crippen LogP contribution < -0.4 is 0 Å². The molecule has 0 bridgehead atoms. The second-order valence-corrected chi connectivity index (χ2v) is 5.21. The number of amides is 1. The van der Waals surface area contributed by atoms with E-state index in [2.05, 4.69) is 10.2 Å². The number of aliphatic carboxylic acids is 1. The van der Waals surface area contributed by atoms with E-state index in [0.717, 1.165) is 0 Å². The standard InChI is InChI=1S/C11H11Cl2N3O3/c1-5(11(18)19)6-3-16(4-6)10(17)7-2-8(12)14-15-9(7)13/h2,5-6H,3-4H2,1H3,(H,18,19). The largest absolute Gasteiger partial charge is 0.481 e. The number of hydrogen-bond donors (Lipinski definition) is 1. The van der Waals surface area contributed by atoms with Crippen molar-refractivity contribution in [3.63, 3.8) is 0 Å². The summed E-state index contributed by atoms with van der Waals surface area (Å²) in [6.07, 6.45) is 0. The van der Waals surface area contributed by atoms with E-state index in [0.29, 0.717) is 13.1 Å². The molecule has 1 aromatic rings. The van der Waals surface area contributed by atoms with Gasteiger partial charge in [0, 0.05) is 19.0 Å². The van der Waals surface area contributed by atoms with Gasteiger partial charge in [-0.2, -0.15) is 0 Å². The number of likely N-dealkylation sites (tertiary alicyclic amines) is 1. The minimum atomic E-state index is -0.858. The van der Waals surface area contributed by atoms with Gasteiger partial charge in [-0.05, 0) is 6.07 Å². The van der Waals surface area contributed by atoms with E-state index < -0.39 is 11.9 Å². The number of halogens is 2. The molecule has 0 radical (unpaired) electrons. The van der Waals surface area contributed by atoms with Crippen molar-refractivity contribution in [2.75, 3.05) is 13.1 Å². The molecule has 1 amide bonds. The minimum Gasteiger partial charge on any atom is -0.481 e. The first-order valence-electron chi connectivity index (χ1n) is 5.61. The summed E-state index contributed by atoms with van der Waals surface area (Å²) in [5.41, 5.74) is 0.183. The van der Waals surface area contributed by atoms with Crippen LogP contribution in [0.15, 0.2) is 6.07 Å². The minimum absolute atomic E-state index is 0.0101. The Morgan fingerprint density at radius 1 is 1.42 bits per heavy atom. The Labute approximate surface area is 119 Å². The zero-order chi connectivity index (χ0) is 14.2. The number of carbonyl (C=O) groups is 2. The molecule has 1 aromatic heterocycles. The third kappa shape index (κ3) is 2.79. The molecule has 1 atom stereocenters. The van der Waals surface area contributed by atoms with Crippen LogP contribution in [0.4, 0.5) is 0 Å². The van der Waals surface area contributed by atoms with Crippen molar-refractivity contribution in [1.29, 1.82) is 0 Å². The van der Waals surface area contributed by atoms with Gasteiger partial charge in [0.05, 0.1) is 11.5 Å². The van der Waals surface area contributed by atoms with Gasteiger partial charge in [-0.3, -0.25) is 9.59 Å². The van der Waals surface area contributed by atoms with E-state index in [-0.39, 0.29) is 27.7 Å². The van der Waals surface area contributed by atoms with E-state index in [1.54, 1.807) is 6.92 Å². The van der Waals surface area contributed by atoms with Gasteiger partial charge in [0.2, 0.25) is 0 Å². The van der Waals surface area contributed by atoms with Gasteiger partial charge in [-0.15, -0.1) is 10.2 Å². The zero-order valence-corrected chi connectivity index (χ0v) is 11.5. The predicted molar refractivity (Wildman–Crippen MR) is 68.2 cm³/mol. The summed E-state index contributed by atoms with van der Waals surface area (Å²) in [6.45, 7) is 2.41. The van der Waals surface area contributed by atoms with E-state index in [4.69, 9.17) is 28.3 Å². The molecule has 1 N–H and O–H groups in total. The van der Waals surface area contributed by atoms with Crippen LogP contribution in [0.5, 0.6) is 0 Å². The second-order valence-electron chi connectivity index (χ2n) is 4.47. The van der Waals surface area contributed by atoms with Crippen molar-refractivity contribution in [2.45, 2.75) is 6.92 Å². The molecule has 0 saturated carbocycles. The van der Waals surface area contributed by atoms with Crippen LogP contribution in [0.3, 0.4) is 0 Å². The summed E-state index contributed by atoms with van der Waals surface area (Å²) >= 11 is 11.5. The normalized spacial score (nSPS) is 16.9. The van der Waals surface area contributed by atoms with Gasteiger partial charge in [0.1, 0.15) is 0 Å². The maximum atomic E-state index is 12.1. The summed E-state index contributed by atoms with van der Waals surface area (Å²) in [7, 11) is 0. The Balaban J connectivity index is 2.04. The van der Waals surface area contributed by atoms with Crippen LogP contribution in [0.1, 0.15) is 17.3 Å². The number of aromatic nitrogens is 2.